The van der Waals surface area contributed by atoms with Crippen molar-refractivity contribution in [1.29, 1.82) is 0 Å². The van der Waals surface area contributed by atoms with Gasteiger partial charge in [0.15, 0.2) is 0 Å². The monoisotopic (exact) mass is 267 g/mol. The molecule has 1 aromatic rings. The zero-order valence-electron chi connectivity index (χ0n) is 10.5. The predicted octanol–water partition coefficient (Wildman–Crippen LogP) is 0.474. The van der Waals surface area contributed by atoms with Crippen molar-refractivity contribution in [2.75, 3.05) is 12.8 Å². The van der Waals surface area contributed by atoms with Gasteiger partial charge in [-0.05, 0) is 12.1 Å². The number of thiol groups is 1. The molecule has 98 valence electrons. The van der Waals surface area contributed by atoms with Gasteiger partial charge in [0.2, 0.25) is 11.8 Å². The lowest BCUT2D eigenvalue weighted by molar-refractivity contribution is -0.134. The maximum absolute atomic E-state index is 12.0. The number of nitrogens with one attached hydrogen (secondary N) is 1. The van der Waals surface area contributed by atoms with Crippen LogP contribution in [0.15, 0.2) is 24.4 Å². The van der Waals surface area contributed by atoms with Crippen LogP contribution in [0.4, 0.5) is 0 Å². The number of hydrogen-bond donors (Lipinski definition) is 2. The number of carbonyl (C=O) groups is 2. The van der Waals surface area contributed by atoms with Crippen molar-refractivity contribution >= 4 is 24.4 Å². The lowest BCUT2D eigenvalue weighted by atomic mass is 10.2. The second kappa shape index (κ2) is 7.00. The van der Waals surface area contributed by atoms with Gasteiger partial charge in [0.05, 0.1) is 12.2 Å². The first-order valence-electron chi connectivity index (χ1n) is 5.57. The van der Waals surface area contributed by atoms with Crippen molar-refractivity contribution < 1.29 is 9.59 Å². The standard InChI is InChI=1S/C12H17N3O2S/c1-9(16)14-11(8-18)12(17)15(2)7-10-5-3-4-6-13-10/h3-6,11,18H,7-8H2,1-2H3,(H,14,16). The van der Waals surface area contributed by atoms with Crippen molar-refractivity contribution in [3.05, 3.63) is 30.1 Å². The molecule has 1 atom stereocenters. The van der Waals surface area contributed by atoms with Gasteiger partial charge in [0, 0.05) is 25.9 Å². The first-order valence-corrected chi connectivity index (χ1v) is 6.20. The van der Waals surface area contributed by atoms with Crippen molar-refractivity contribution in [2.45, 2.75) is 19.5 Å². The molecule has 1 heterocycles. The smallest absolute Gasteiger partial charge is 0.246 e. The van der Waals surface area contributed by atoms with Gasteiger partial charge in [-0.15, -0.1) is 0 Å². The maximum atomic E-state index is 12.0. The SMILES string of the molecule is CC(=O)NC(CS)C(=O)N(C)Cc1ccccn1. The average molecular weight is 267 g/mol. The van der Waals surface area contributed by atoms with Gasteiger partial charge >= 0.3 is 0 Å². The molecular weight excluding hydrogens is 250 g/mol. The van der Waals surface area contributed by atoms with Crippen molar-refractivity contribution in [1.82, 2.24) is 15.2 Å². The van der Waals surface area contributed by atoms with Crippen LogP contribution in [0.1, 0.15) is 12.6 Å². The van der Waals surface area contributed by atoms with Gasteiger partial charge in [-0.1, -0.05) is 6.07 Å². The van der Waals surface area contributed by atoms with Gasteiger partial charge in [-0.2, -0.15) is 12.6 Å². The maximum Gasteiger partial charge on any atom is 0.246 e. The number of hydrogen-bond acceptors (Lipinski definition) is 4. The van der Waals surface area contributed by atoms with E-state index in [2.05, 4.69) is 22.9 Å². The normalized spacial score (nSPS) is 11.7. The second-order valence-corrected chi connectivity index (χ2v) is 4.32. The fraction of sp³-hybridized carbons (Fsp3) is 0.417. The third-order valence-corrected chi connectivity index (χ3v) is 2.72. The minimum Gasteiger partial charge on any atom is -0.344 e. The van der Waals surface area contributed by atoms with E-state index in [-0.39, 0.29) is 17.6 Å². The van der Waals surface area contributed by atoms with Crippen LogP contribution >= 0.6 is 12.6 Å². The van der Waals surface area contributed by atoms with E-state index >= 15 is 0 Å². The summed E-state index contributed by atoms with van der Waals surface area (Å²) in [4.78, 5) is 28.7. The molecule has 1 aromatic heterocycles. The number of amides is 2. The Hall–Kier alpha value is -1.56. The van der Waals surface area contributed by atoms with Gasteiger partial charge in [0.25, 0.3) is 0 Å². The first-order chi connectivity index (χ1) is 8.54. The van der Waals surface area contributed by atoms with Crippen LogP contribution in [-0.2, 0) is 16.1 Å². The molecule has 0 saturated carbocycles. The summed E-state index contributed by atoms with van der Waals surface area (Å²) in [5.41, 5.74) is 0.800. The van der Waals surface area contributed by atoms with Crippen LogP contribution in [0.5, 0.6) is 0 Å². The number of pyridine rings is 1. The fourth-order valence-corrected chi connectivity index (χ4v) is 1.76. The number of carbonyl (C=O) groups excluding carboxylic acids is 2. The number of rotatable bonds is 5. The molecule has 0 aliphatic rings. The molecule has 18 heavy (non-hydrogen) atoms. The van der Waals surface area contributed by atoms with Crippen molar-refractivity contribution in [2.24, 2.45) is 0 Å². The van der Waals surface area contributed by atoms with Crippen molar-refractivity contribution in [3.63, 3.8) is 0 Å². The minimum atomic E-state index is -0.598. The molecule has 0 aliphatic heterocycles. The Kier molecular flexibility index (Phi) is 5.64. The summed E-state index contributed by atoms with van der Waals surface area (Å²) in [6.07, 6.45) is 1.68. The first kappa shape index (κ1) is 14.5. The zero-order chi connectivity index (χ0) is 13.5. The van der Waals surface area contributed by atoms with Crippen LogP contribution in [0.3, 0.4) is 0 Å². The predicted molar refractivity (Wildman–Crippen MR) is 72.2 cm³/mol. The van der Waals surface area contributed by atoms with Gasteiger partial charge in [-0.25, -0.2) is 0 Å². The highest BCUT2D eigenvalue weighted by atomic mass is 32.1. The fourth-order valence-electron chi connectivity index (χ4n) is 1.51. The van der Waals surface area contributed by atoms with Crippen LogP contribution in [-0.4, -0.2) is 40.5 Å². The van der Waals surface area contributed by atoms with Crippen LogP contribution in [0, 0.1) is 0 Å². The van der Waals surface area contributed by atoms with Gasteiger partial charge in [-0.3, -0.25) is 14.6 Å². The van der Waals surface area contributed by atoms with E-state index in [9.17, 15) is 9.59 Å². The summed E-state index contributed by atoms with van der Waals surface area (Å²) in [6.45, 7) is 1.78. The molecule has 1 rings (SSSR count). The summed E-state index contributed by atoms with van der Waals surface area (Å²) in [7, 11) is 1.68. The van der Waals surface area contributed by atoms with E-state index < -0.39 is 6.04 Å². The number of likely N-dealkylation sites (N-methyl/N-ethyl adjacent to an activating group) is 1. The largest absolute Gasteiger partial charge is 0.344 e. The quantitative estimate of drug-likeness (QED) is 0.763. The van der Waals surface area contributed by atoms with Crippen LogP contribution in [0.2, 0.25) is 0 Å². The molecule has 0 bridgehead atoms. The highest BCUT2D eigenvalue weighted by Crippen LogP contribution is 2.02. The lowest BCUT2D eigenvalue weighted by Crippen LogP contribution is -2.47. The lowest BCUT2D eigenvalue weighted by Gasteiger charge is -2.22. The Balaban J connectivity index is 2.62. The molecule has 1 unspecified atom stereocenters. The Morgan fingerprint density at radius 2 is 2.22 bits per heavy atom. The molecule has 6 heteroatoms. The molecule has 2 amide bonds. The summed E-state index contributed by atoms with van der Waals surface area (Å²) in [5, 5.41) is 2.57. The Morgan fingerprint density at radius 1 is 1.50 bits per heavy atom. The Labute approximate surface area is 112 Å². The third-order valence-electron chi connectivity index (χ3n) is 2.36. The molecule has 0 radical (unpaired) electrons. The van der Waals surface area contributed by atoms with E-state index in [1.54, 1.807) is 13.2 Å². The van der Waals surface area contributed by atoms with Crippen LogP contribution in [0.25, 0.3) is 0 Å². The molecule has 1 N–H and O–H groups in total. The van der Waals surface area contributed by atoms with E-state index in [1.807, 2.05) is 18.2 Å². The summed E-state index contributed by atoms with van der Waals surface area (Å²) in [5.74, 6) is -0.148. The Morgan fingerprint density at radius 3 is 2.72 bits per heavy atom. The van der Waals surface area contributed by atoms with Crippen LogP contribution < -0.4 is 5.32 Å². The Bertz CT molecular complexity index is 411. The summed E-state index contributed by atoms with van der Waals surface area (Å²) in [6, 6.07) is 4.93. The van der Waals surface area contributed by atoms with Gasteiger partial charge in [0.1, 0.15) is 6.04 Å². The molecule has 0 fully saturated rings. The highest BCUT2D eigenvalue weighted by Gasteiger charge is 2.21. The number of nitrogens with zero attached hydrogens (tertiary/aromatic N) is 2. The van der Waals surface area contributed by atoms with Crippen molar-refractivity contribution in [3.8, 4) is 0 Å². The highest BCUT2D eigenvalue weighted by molar-refractivity contribution is 7.80. The second-order valence-electron chi connectivity index (χ2n) is 3.95. The molecule has 0 aliphatic carbocycles. The topological polar surface area (TPSA) is 62.3 Å². The molecular formula is C12H17N3O2S. The zero-order valence-corrected chi connectivity index (χ0v) is 11.4. The van der Waals surface area contributed by atoms with Gasteiger partial charge < -0.3 is 10.2 Å². The van der Waals surface area contributed by atoms with E-state index in [0.29, 0.717) is 6.54 Å². The number of aromatic nitrogens is 1. The third kappa shape index (κ3) is 4.37. The molecule has 5 nitrogen and oxygen atoms in total. The average Bonchev–Trinajstić information content (AvgIpc) is 2.36. The molecule has 0 spiro atoms. The molecule has 0 saturated heterocycles. The summed E-state index contributed by atoms with van der Waals surface area (Å²) >= 11 is 4.07. The molecule has 0 aromatic carbocycles. The van der Waals surface area contributed by atoms with E-state index in [4.69, 9.17) is 0 Å². The van der Waals surface area contributed by atoms with E-state index in [1.165, 1.54) is 11.8 Å². The minimum absolute atomic E-state index is 0.175. The van der Waals surface area contributed by atoms with E-state index in [0.717, 1.165) is 5.69 Å². The summed E-state index contributed by atoms with van der Waals surface area (Å²) < 4.78 is 0.